The van der Waals surface area contributed by atoms with E-state index in [0.717, 1.165) is 25.3 Å². The normalized spacial score (nSPS) is 24.6. The Morgan fingerprint density at radius 2 is 2.44 bits per heavy atom. The third-order valence-electron chi connectivity index (χ3n) is 3.15. The lowest BCUT2D eigenvalue weighted by molar-refractivity contribution is 0.0931. The number of nitrogens with one attached hydrogen (secondary N) is 2. The van der Waals surface area contributed by atoms with Crippen molar-refractivity contribution < 1.29 is 9.21 Å². The summed E-state index contributed by atoms with van der Waals surface area (Å²) in [5.74, 6) is 1.23. The highest BCUT2D eigenvalue weighted by atomic mass is 16.3. The van der Waals surface area contributed by atoms with Gasteiger partial charge in [0.1, 0.15) is 5.76 Å². The summed E-state index contributed by atoms with van der Waals surface area (Å²) in [6.07, 6.45) is 2.32. The average Bonchev–Trinajstić information content (AvgIpc) is 2.87. The lowest BCUT2D eigenvalue weighted by Gasteiger charge is -2.15. The van der Waals surface area contributed by atoms with Gasteiger partial charge in [-0.15, -0.1) is 0 Å². The first-order valence-electron chi connectivity index (χ1n) is 5.80. The highest BCUT2D eigenvalue weighted by Crippen LogP contribution is 2.13. The Kier molecular flexibility index (Phi) is 3.29. The van der Waals surface area contributed by atoms with Gasteiger partial charge in [-0.2, -0.15) is 0 Å². The smallest absolute Gasteiger partial charge is 0.255 e. The highest BCUT2D eigenvalue weighted by molar-refractivity contribution is 5.95. The first-order chi connectivity index (χ1) is 7.72. The number of carbonyl (C=O) groups is 1. The lowest BCUT2D eigenvalue weighted by Crippen LogP contribution is -2.39. The van der Waals surface area contributed by atoms with Gasteiger partial charge in [0.05, 0.1) is 11.8 Å². The lowest BCUT2D eigenvalue weighted by atomic mass is 10.1. The first-order valence-corrected chi connectivity index (χ1v) is 5.80. The van der Waals surface area contributed by atoms with Gasteiger partial charge in [0, 0.05) is 19.0 Å². The maximum Gasteiger partial charge on any atom is 0.255 e. The maximum atomic E-state index is 12.0. The summed E-state index contributed by atoms with van der Waals surface area (Å²) in [5, 5.41) is 6.31. The molecule has 0 aliphatic carbocycles. The molecule has 2 rings (SSSR count). The third-order valence-corrected chi connectivity index (χ3v) is 3.15. The van der Waals surface area contributed by atoms with Gasteiger partial charge in [0.25, 0.3) is 5.91 Å². The van der Waals surface area contributed by atoms with Crippen molar-refractivity contribution in [3.05, 3.63) is 23.7 Å². The van der Waals surface area contributed by atoms with E-state index in [9.17, 15) is 4.79 Å². The Morgan fingerprint density at radius 3 is 3.06 bits per heavy atom. The summed E-state index contributed by atoms with van der Waals surface area (Å²) in [5.41, 5.74) is 0.668. The van der Waals surface area contributed by atoms with Gasteiger partial charge in [0.2, 0.25) is 0 Å². The van der Waals surface area contributed by atoms with Crippen molar-refractivity contribution in [3.63, 3.8) is 0 Å². The van der Waals surface area contributed by atoms with Crippen LogP contribution in [-0.4, -0.2) is 25.0 Å². The highest BCUT2D eigenvalue weighted by Gasteiger charge is 2.25. The number of hydrogen-bond donors (Lipinski definition) is 2. The van der Waals surface area contributed by atoms with Crippen LogP contribution in [0.3, 0.4) is 0 Å². The molecule has 4 heteroatoms. The van der Waals surface area contributed by atoms with Gasteiger partial charge >= 0.3 is 0 Å². The van der Waals surface area contributed by atoms with Crippen LogP contribution in [0.15, 0.2) is 16.7 Å². The Balaban J connectivity index is 2.02. The molecule has 2 unspecified atom stereocenters. The van der Waals surface area contributed by atoms with Crippen LogP contribution >= 0.6 is 0 Å². The van der Waals surface area contributed by atoms with Crippen LogP contribution in [-0.2, 0) is 6.42 Å². The largest absolute Gasteiger partial charge is 0.469 e. The molecule has 2 atom stereocenters. The van der Waals surface area contributed by atoms with Gasteiger partial charge in [-0.05, 0) is 18.5 Å². The molecule has 88 valence electrons. The standard InChI is InChI=1S/C12H18N2O2/c1-3-11-9(4-5-16-11)12(15)14-10-7-13-6-8(10)2/h4-5,8,10,13H,3,6-7H2,1-2H3,(H,14,15). The van der Waals surface area contributed by atoms with Crippen molar-refractivity contribution in [1.82, 2.24) is 10.6 Å². The van der Waals surface area contributed by atoms with E-state index in [2.05, 4.69) is 17.6 Å². The fourth-order valence-corrected chi connectivity index (χ4v) is 2.07. The Bertz CT molecular complexity index is 373. The van der Waals surface area contributed by atoms with E-state index in [1.54, 1.807) is 12.3 Å². The molecule has 1 aromatic rings. The summed E-state index contributed by atoms with van der Waals surface area (Å²) < 4.78 is 5.25. The topological polar surface area (TPSA) is 54.3 Å². The van der Waals surface area contributed by atoms with Crippen molar-refractivity contribution in [2.45, 2.75) is 26.3 Å². The van der Waals surface area contributed by atoms with Gasteiger partial charge in [-0.1, -0.05) is 13.8 Å². The molecular formula is C12H18N2O2. The van der Waals surface area contributed by atoms with E-state index in [1.165, 1.54) is 0 Å². The Labute approximate surface area is 95.4 Å². The molecule has 2 N–H and O–H groups in total. The third kappa shape index (κ3) is 2.11. The van der Waals surface area contributed by atoms with E-state index >= 15 is 0 Å². The van der Waals surface area contributed by atoms with Gasteiger partial charge in [-0.25, -0.2) is 0 Å². The number of amides is 1. The Hall–Kier alpha value is -1.29. The van der Waals surface area contributed by atoms with E-state index < -0.39 is 0 Å². The molecule has 1 aliphatic heterocycles. The van der Waals surface area contributed by atoms with Crippen molar-refractivity contribution in [2.24, 2.45) is 5.92 Å². The molecule has 0 spiro atoms. The molecule has 4 nitrogen and oxygen atoms in total. The maximum absolute atomic E-state index is 12.0. The molecule has 1 aromatic heterocycles. The fraction of sp³-hybridized carbons (Fsp3) is 0.583. The summed E-state index contributed by atoms with van der Waals surface area (Å²) in [6.45, 7) is 5.94. The van der Waals surface area contributed by atoms with E-state index in [1.807, 2.05) is 6.92 Å². The van der Waals surface area contributed by atoms with E-state index in [0.29, 0.717) is 11.5 Å². The predicted molar refractivity (Wildman–Crippen MR) is 61.4 cm³/mol. The second-order valence-electron chi connectivity index (χ2n) is 4.33. The molecular weight excluding hydrogens is 204 g/mol. The van der Waals surface area contributed by atoms with Crippen molar-refractivity contribution in [3.8, 4) is 0 Å². The molecule has 0 bridgehead atoms. The zero-order valence-electron chi connectivity index (χ0n) is 9.75. The molecule has 0 radical (unpaired) electrons. The number of aryl methyl sites for hydroxylation is 1. The summed E-state index contributed by atoms with van der Waals surface area (Å²) in [4.78, 5) is 12.0. The second-order valence-corrected chi connectivity index (χ2v) is 4.33. The molecule has 1 amide bonds. The summed E-state index contributed by atoms with van der Waals surface area (Å²) >= 11 is 0. The van der Waals surface area contributed by atoms with Crippen LogP contribution in [0.4, 0.5) is 0 Å². The van der Waals surface area contributed by atoms with Crippen LogP contribution in [0, 0.1) is 5.92 Å². The number of rotatable bonds is 3. The minimum atomic E-state index is -0.0221. The van der Waals surface area contributed by atoms with Crippen molar-refractivity contribution >= 4 is 5.91 Å². The van der Waals surface area contributed by atoms with Crippen LogP contribution in [0.25, 0.3) is 0 Å². The molecule has 0 aromatic carbocycles. The van der Waals surface area contributed by atoms with Gasteiger partial charge < -0.3 is 15.1 Å². The summed E-state index contributed by atoms with van der Waals surface area (Å²) in [6, 6.07) is 1.97. The zero-order valence-corrected chi connectivity index (χ0v) is 9.75. The zero-order chi connectivity index (χ0) is 11.5. The Morgan fingerprint density at radius 1 is 1.62 bits per heavy atom. The van der Waals surface area contributed by atoms with Crippen molar-refractivity contribution in [2.75, 3.05) is 13.1 Å². The van der Waals surface area contributed by atoms with E-state index in [4.69, 9.17) is 4.42 Å². The number of hydrogen-bond acceptors (Lipinski definition) is 3. The predicted octanol–water partition coefficient (Wildman–Crippen LogP) is 1.18. The van der Waals surface area contributed by atoms with Crippen LogP contribution in [0.5, 0.6) is 0 Å². The molecule has 1 fully saturated rings. The molecule has 1 aliphatic rings. The average molecular weight is 222 g/mol. The molecule has 2 heterocycles. The molecule has 1 saturated heterocycles. The SMILES string of the molecule is CCc1occc1C(=O)NC1CNCC1C. The second kappa shape index (κ2) is 4.70. The monoisotopic (exact) mass is 222 g/mol. The quantitative estimate of drug-likeness (QED) is 0.807. The first kappa shape index (κ1) is 11.2. The minimum absolute atomic E-state index is 0.0221. The molecule has 16 heavy (non-hydrogen) atoms. The number of furan rings is 1. The van der Waals surface area contributed by atoms with Gasteiger partial charge in [0.15, 0.2) is 0 Å². The van der Waals surface area contributed by atoms with Crippen LogP contribution in [0.2, 0.25) is 0 Å². The summed E-state index contributed by atoms with van der Waals surface area (Å²) in [7, 11) is 0. The van der Waals surface area contributed by atoms with Gasteiger partial charge in [-0.3, -0.25) is 4.79 Å². The van der Waals surface area contributed by atoms with E-state index in [-0.39, 0.29) is 11.9 Å². The van der Waals surface area contributed by atoms with Crippen LogP contribution in [0.1, 0.15) is 30.0 Å². The fourth-order valence-electron chi connectivity index (χ4n) is 2.07. The minimum Gasteiger partial charge on any atom is -0.469 e. The molecule has 0 saturated carbocycles. The number of carbonyl (C=O) groups excluding carboxylic acids is 1. The van der Waals surface area contributed by atoms with Crippen LogP contribution < -0.4 is 10.6 Å². The van der Waals surface area contributed by atoms with Crippen molar-refractivity contribution in [1.29, 1.82) is 0 Å².